The predicted molar refractivity (Wildman–Crippen MR) is 270 cm³/mol. The Morgan fingerprint density at radius 1 is 0.409 bits per heavy atom. The molecule has 3 heterocycles. The first kappa shape index (κ1) is 45.4. The molecule has 0 saturated carbocycles. The standard InChI is InChI=1S/C49H40N3.C12H10N.Ir/c1-32-19-20-42(33(2)25-32)39-27-38(34-13-8-6-9-14-34)28-40(29-39)44-22-21-43(48-47(44)51-31-46(52-48)35-15-10-7-11-16-35)36-17-12-18-37(26-36)45-30-41(23-24-50-45)49(3,4)5;1-10-7-8-13-12(9-10)11-5-3-2-4-6-11;/h6-17,19-31H,1-5H3;2-5,7-9H,1H3;/q2*-1;. The van der Waals surface area contributed by atoms with Crippen LogP contribution in [0.3, 0.4) is 0 Å². The van der Waals surface area contributed by atoms with Gasteiger partial charge in [-0.05, 0) is 112 Å². The van der Waals surface area contributed by atoms with Crippen molar-refractivity contribution < 1.29 is 20.1 Å². The third kappa shape index (κ3) is 10.2. The first-order valence-electron chi connectivity index (χ1n) is 22.1. The van der Waals surface area contributed by atoms with Gasteiger partial charge in [-0.25, -0.2) is 4.98 Å². The molecule has 3 aromatic heterocycles. The van der Waals surface area contributed by atoms with Gasteiger partial charge in [-0.2, -0.15) is 0 Å². The van der Waals surface area contributed by atoms with Crippen molar-refractivity contribution in [2.45, 2.75) is 47.0 Å². The van der Waals surface area contributed by atoms with E-state index < -0.39 is 0 Å². The minimum absolute atomic E-state index is 0. The molecule has 0 aliphatic heterocycles. The number of hydrogen-bond acceptors (Lipinski definition) is 4. The van der Waals surface area contributed by atoms with E-state index in [0.717, 1.165) is 72.6 Å². The number of hydrogen-bond donors (Lipinski definition) is 0. The van der Waals surface area contributed by atoms with Crippen molar-refractivity contribution in [1.82, 2.24) is 19.9 Å². The Morgan fingerprint density at radius 2 is 1.02 bits per heavy atom. The van der Waals surface area contributed by atoms with E-state index in [1.807, 2.05) is 73.2 Å². The molecule has 0 atom stereocenters. The quantitative estimate of drug-likeness (QED) is 0.149. The van der Waals surface area contributed by atoms with Crippen LogP contribution in [-0.2, 0) is 25.5 Å². The molecule has 0 amide bonds. The van der Waals surface area contributed by atoms with Crippen LogP contribution in [0.2, 0.25) is 0 Å². The molecule has 66 heavy (non-hydrogen) atoms. The number of benzene rings is 7. The van der Waals surface area contributed by atoms with E-state index in [1.165, 1.54) is 38.9 Å². The molecule has 0 spiro atoms. The largest absolute Gasteiger partial charge is 0.305 e. The van der Waals surface area contributed by atoms with E-state index in [9.17, 15) is 0 Å². The van der Waals surface area contributed by atoms with Crippen LogP contribution in [0.5, 0.6) is 0 Å². The van der Waals surface area contributed by atoms with Crippen LogP contribution < -0.4 is 0 Å². The van der Waals surface area contributed by atoms with Crippen LogP contribution in [0, 0.1) is 32.9 Å². The fraction of sp³-hybridized carbons (Fsp3) is 0.115. The summed E-state index contributed by atoms with van der Waals surface area (Å²) in [6, 6.07) is 67.9. The zero-order chi connectivity index (χ0) is 44.9. The second-order valence-electron chi connectivity index (χ2n) is 17.6. The van der Waals surface area contributed by atoms with Gasteiger partial charge in [0.1, 0.15) is 0 Å². The Bertz CT molecular complexity index is 3270. The van der Waals surface area contributed by atoms with Gasteiger partial charge in [0.05, 0.1) is 22.9 Å². The maximum absolute atomic E-state index is 5.35. The fourth-order valence-corrected chi connectivity index (χ4v) is 8.25. The average molecular weight is 1030 g/mol. The normalized spacial score (nSPS) is 11.1. The van der Waals surface area contributed by atoms with E-state index >= 15 is 0 Å². The molecule has 0 saturated heterocycles. The summed E-state index contributed by atoms with van der Waals surface area (Å²) < 4.78 is 0. The van der Waals surface area contributed by atoms with Crippen molar-refractivity contribution in [2.24, 2.45) is 0 Å². The third-order valence-corrected chi connectivity index (χ3v) is 11.7. The molecule has 10 rings (SSSR count). The topological polar surface area (TPSA) is 51.6 Å². The van der Waals surface area contributed by atoms with Crippen LogP contribution in [0.15, 0.2) is 195 Å². The van der Waals surface area contributed by atoms with Crippen LogP contribution >= 0.6 is 0 Å². The molecule has 5 heteroatoms. The number of pyridine rings is 2. The molecule has 0 bridgehead atoms. The molecule has 0 aliphatic carbocycles. The minimum Gasteiger partial charge on any atom is -0.305 e. The van der Waals surface area contributed by atoms with Crippen molar-refractivity contribution >= 4 is 11.0 Å². The van der Waals surface area contributed by atoms with Crippen LogP contribution in [0.4, 0.5) is 0 Å². The van der Waals surface area contributed by atoms with Crippen LogP contribution in [0.25, 0.3) is 89.3 Å². The molecule has 1 radical (unpaired) electrons. The number of rotatable bonds is 7. The monoisotopic (exact) mass is 1030 g/mol. The van der Waals surface area contributed by atoms with Crippen molar-refractivity contribution in [1.29, 1.82) is 0 Å². The molecule has 10 aromatic rings. The summed E-state index contributed by atoms with van der Waals surface area (Å²) in [6.45, 7) is 13.1. The Morgan fingerprint density at radius 3 is 1.70 bits per heavy atom. The molecule has 0 aliphatic rings. The fourth-order valence-electron chi connectivity index (χ4n) is 8.25. The van der Waals surface area contributed by atoms with Gasteiger partial charge in [-0.15, -0.1) is 65.7 Å². The number of aryl methyl sites for hydroxylation is 3. The summed E-state index contributed by atoms with van der Waals surface area (Å²) in [5, 5.41) is 0. The molecule has 4 nitrogen and oxygen atoms in total. The summed E-state index contributed by atoms with van der Waals surface area (Å²) in [5.41, 5.74) is 21.4. The predicted octanol–water partition coefficient (Wildman–Crippen LogP) is 15.6. The van der Waals surface area contributed by atoms with E-state index in [-0.39, 0.29) is 25.5 Å². The molecular weight excluding hydrogens is 981 g/mol. The SMILES string of the molecule is Cc1ccc(-c2cc(-c3ccccc3)cc(-c3ccc(-c4cc[c-]c(-c5cc(C(C)(C)C)ccn5)c4)c4nc(-c5ccccc5)cnc34)c2)c(C)c1.Cc1ccnc(-c2[c-]cccc2)c1.[Ir]. The van der Waals surface area contributed by atoms with Gasteiger partial charge < -0.3 is 9.97 Å². The van der Waals surface area contributed by atoms with E-state index in [4.69, 9.17) is 15.0 Å². The van der Waals surface area contributed by atoms with Gasteiger partial charge in [0.2, 0.25) is 0 Å². The minimum atomic E-state index is 0. The Hall–Kier alpha value is -7.17. The smallest absolute Gasteiger partial charge is 0.0971 e. The van der Waals surface area contributed by atoms with Crippen molar-refractivity contribution in [3.05, 3.63) is 229 Å². The average Bonchev–Trinajstić information content (AvgIpc) is 3.34. The Labute approximate surface area is 402 Å². The summed E-state index contributed by atoms with van der Waals surface area (Å²) in [7, 11) is 0. The first-order valence-corrected chi connectivity index (χ1v) is 22.1. The summed E-state index contributed by atoms with van der Waals surface area (Å²) in [4.78, 5) is 19.6. The Kier molecular flexibility index (Phi) is 13.7. The van der Waals surface area contributed by atoms with Gasteiger partial charge in [0.15, 0.2) is 0 Å². The van der Waals surface area contributed by atoms with E-state index in [1.54, 1.807) is 0 Å². The van der Waals surface area contributed by atoms with Crippen LogP contribution in [-0.4, -0.2) is 19.9 Å². The summed E-state index contributed by atoms with van der Waals surface area (Å²) in [5.74, 6) is 0. The van der Waals surface area contributed by atoms with E-state index in [2.05, 4.69) is 180 Å². The number of fused-ring (bicyclic) bond motifs is 1. The second-order valence-corrected chi connectivity index (χ2v) is 17.6. The molecule has 0 unspecified atom stereocenters. The first-order chi connectivity index (χ1) is 31.6. The summed E-state index contributed by atoms with van der Waals surface area (Å²) >= 11 is 0. The second kappa shape index (κ2) is 19.9. The van der Waals surface area contributed by atoms with Gasteiger partial charge in [0.25, 0.3) is 0 Å². The van der Waals surface area contributed by atoms with Crippen LogP contribution in [0.1, 0.15) is 43.0 Å². The zero-order valence-corrected chi connectivity index (χ0v) is 40.5. The van der Waals surface area contributed by atoms with Gasteiger partial charge >= 0.3 is 0 Å². The maximum atomic E-state index is 5.35. The molecular formula is C61H50IrN4-2. The number of aromatic nitrogens is 4. The Balaban J connectivity index is 0.000000363. The molecule has 0 N–H and O–H groups in total. The van der Waals surface area contributed by atoms with Gasteiger partial charge in [-0.1, -0.05) is 141 Å². The van der Waals surface area contributed by atoms with Gasteiger partial charge in [0, 0.05) is 43.6 Å². The summed E-state index contributed by atoms with van der Waals surface area (Å²) in [6.07, 6.45) is 5.63. The van der Waals surface area contributed by atoms with Crippen molar-refractivity contribution in [3.63, 3.8) is 0 Å². The number of nitrogens with zero attached hydrogens (tertiary/aromatic N) is 4. The zero-order valence-electron chi connectivity index (χ0n) is 38.1. The third-order valence-electron chi connectivity index (χ3n) is 11.7. The molecule has 325 valence electrons. The van der Waals surface area contributed by atoms with Crippen molar-refractivity contribution in [2.75, 3.05) is 0 Å². The van der Waals surface area contributed by atoms with E-state index in [0.29, 0.717) is 0 Å². The van der Waals surface area contributed by atoms with Gasteiger partial charge in [-0.3, -0.25) is 4.98 Å². The van der Waals surface area contributed by atoms with Crippen molar-refractivity contribution in [3.8, 4) is 78.3 Å². The molecule has 7 aromatic carbocycles. The maximum Gasteiger partial charge on any atom is 0.0971 e. The molecule has 0 fully saturated rings.